The van der Waals surface area contributed by atoms with Crippen LogP contribution >= 0.6 is 18.7 Å². The summed E-state index contributed by atoms with van der Waals surface area (Å²) in [5.41, 5.74) is 0.943. The molecule has 3 amide bonds. The van der Waals surface area contributed by atoms with Crippen LogP contribution in [0, 0.1) is 11.3 Å². The summed E-state index contributed by atoms with van der Waals surface area (Å²) in [5.74, 6) is -0.538. The predicted molar refractivity (Wildman–Crippen MR) is 235 cm³/mol. The van der Waals surface area contributed by atoms with Gasteiger partial charge >= 0.3 is 12.2 Å². The molecular formula is C43H59N6O11PS. The van der Waals surface area contributed by atoms with E-state index in [-0.39, 0.29) is 38.1 Å². The van der Waals surface area contributed by atoms with E-state index in [0.29, 0.717) is 33.8 Å². The molecule has 0 bridgehead atoms. The molecule has 2 aliphatic carbocycles. The number of ether oxygens (including phenoxy) is 5. The van der Waals surface area contributed by atoms with Crippen LogP contribution in [-0.2, 0) is 32.9 Å². The molecule has 3 N–H and O–H groups in total. The van der Waals surface area contributed by atoms with E-state index in [1.54, 1.807) is 38.3 Å². The zero-order valence-corrected chi connectivity index (χ0v) is 38.4. The van der Waals surface area contributed by atoms with Gasteiger partial charge in [-0.15, -0.1) is 17.9 Å². The first-order chi connectivity index (χ1) is 29.4. The van der Waals surface area contributed by atoms with E-state index >= 15 is 0 Å². The van der Waals surface area contributed by atoms with E-state index in [1.807, 2.05) is 46.1 Å². The maximum absolute atomic E-state index is 14.9. The SMILES string of the molecule is C=C[C@@H]1C[C@]1(NC(=O)C1C[C@@H](Oc2cc(-c3csc(NC(C)C)n3)nc3cc(OC)ccc23)CN1C(=O)[C@@H](NC(=O)OC1CCCC1)C(C)(C)C)P(C)(=O)OCOC(=O)OCC. The van der Waals surface area contributed by atoms with Crippen molar-refractivity contribution in [1.29, 1.82) is 0 Å². The summed E-state index contributed by atoms with van der Waals surface area (Å²) < 4.78 is 47.6. The van der Waals surface area contributed by atoms with Gasteiger partial charge in [0.2, 0.25) is 26.0 Å². The number of rotatable bonds is 17. The number of nitrogens with one attached hydrogen (secondary N) is 3. The Morgan fingerprint density at radius 3 is 2.47 bits per heavy atom. The van der Waals surface area contributed by atoms with Gasteiger partial charge in [-0.2, -0.15) is 0 Å². The maximum Gasteiger partial charge on any atom is 0.510 e. The van der Waals surface area contributed by atoms with Crippen LogP contribution in [0.15, 0.2) is 42.3 Å². The Hall–Kier alpha value is -4.93. The van der Waals surface area contributed by atoms with Gasteiger partial charge in [0.05, 0.1) is 31.5 Å². The third-order valence-electron chi connectivity index (χ3n) is 11.3. The largest absolute Gasteiger partial charge is 0.510 e. The molecule has 1 aliphatic heterocycles. The summed E-state index contributed by atoms with van der Waals surface area (Å²) in [6.45, 7) is 15.7. The van der Waals surface area contributed by atoms with Gasteiger partial charge < -0.3 is 44.5 Å². The van der Waals surface area contributed by atoms with Crippen LogP contribution in [0.5, 0.6) is 11.5 Å². The fourth-order valence-corrected chi connectivity index (χ4v) is 10.8. The molecule has 1 aromatic carbocycles. The highest BCUT2D eigenvalue weighted by molar-refractivity contribution is 7.60. The minimum Gasteiger partial charge on any atom is -0.497 e. The molecule has 19 heteroatoms. The molecule has 6 rings (SSSR count). The Kier molecular flexibility index (Phi) is 14.4. The van der Waals surface area contributed by atoms with Crippen molar-refractivity contribution < 1.29 is 52.0 Å². The number of amides is 3. The highest BCUT2D eigenvalue weighted by Gasteiger charge is 2.65. The van der Waals surface area contributed by atoms with Gasteiger partial charge in [0.1, 0.15) is 46.8 Å². The zero-order valence-electron chi connectivity index (χ0n) is 36.7. The average Bonchev–Trinajstić information content (AvgIpc) is 3.61. The molecule has 62 heavy (non-hydrogen) atoms. The predicted octanol–water partition coefficient (Wildman–Crippen LogP) is 7.69. The van der Waals surface area contributed by atoms with Gasteiger partial charge in [-0.25, -0.2) is 19.6 Å². The number of thiazole rings is 1. The minimum absolute atomic E-state index is 0.0328. The molecule has 0 spiro atoms. The van der Waals surface area contributed by atoms with Gasteiger partial charge in [0.15, 0.2) is 5.13 Å². The second-order valence-corrected chi connectivity index (χ2v) is 20.9. The number of fused-ring (bicyclic) bond motifs is 1. The Balaban J connectivity index is 1.32. The van der Waals surface area contributed by atoms with Crippen LogP contribution in [-0.4, -0.2) is 108 Å². The molecule has 338 valence electrons. The van der Waals surface area contributed by atoms with Crippen LogP contribution in [0.3, 0.4) is 0 Å². The number of anilines is 1. The highest BCUT2D eigenvalue weighted by atomic mass is 32.1. The quantitative estimate of drug-likeness (QED) is 0.0514. The van der Waals surface area contributed by atoms with E-state index < -0.39 is 73.0 Å². The standard InChI is InChI=1S/C43H59N6O11PS/c1-10-26-21-43(26,61(9,54)58-24-57-41(53)56-11-2)48-37(50)34-19-29(22-49(34)38(51)36(42(5,6)7)47-40(52)60-27-14-12-13-15-27)59-35-20-32(33-23-62-39(46-33)44-25(3)4)45-31-18-28(55-8)16-17-30(31)35/h10,16-18,20,23,25-27,29,34,36H,1,11-15,19,21-22,24H2,2-9H3,(H,44,46)(H,47,52)(H,48,50)/t26-,29-,34?,36-,43+,61?/m1/s1. The first-order valence-corrected chi connectivity index (χ1v) is 23.9. The number of nitrogens with zero attached hydrogens (tertiary/aromatic N) is 3. The molecule has 1 saturated heterocycles. The van der Waals surface area contributed by atoms with E-state index in [4.69, 9.17) is 38.2 Å². The molecule has 2 aromatic heterocycles. The summed E-state index contributed by atoms with van der Waals surface area (Å²) in [6.07, 6.45) is 2.58. The van der Waals surface area contributed by atoms with Crippen molar-refractivity contribution in [3.63, 3.8) is 0 Å². The van der Waals surface area contributed by atoms with E-state index in [1.165, 1.54) is 22.9 Å². The van der Waals surface area contributed by atoms with Gasteiger partial charge in [0.25, 0.3) is 0 Å². The molecule has 3 aromatic rings. The number of carbonyl (C=O) groups is 4. The second-order valence-electron chi connectivity index (χ2n) is 17.3. The number of benzene rings is 1. The van der Waals surface area contributed by atoms with Crippen molar-refractivity contribution in [2.24, 2.45) is 11.3 Å². The lowest BCUT2D eigenvalue weighted by molar-refractivity contribution is -0.142. The highest BCUT2D eigenvalue weighted by Crippen LogP contribution is 2.70. The van der Waals surface area contributed by atoms with Crippen molar-refractivity contribution in [2.75, 3.05) is 39.0 Å². The maximum atomic E-state index is 14.9. The summed E-state index contributed by atoms with van der Waals surface area (Å²) in [5, 5.41) is 11.0. The first-order valence-electron chi connectivity index (χ1n) is 21.0. The Bertz CT molecular complexity index is 2190. The number of likely N-dealkylation sites (tertiary alicyclic amines) is 1. The van der Waals surface area contributed by atoms with E-state index in [2.05, 4.69) is 22.5 Å². The molecule has 3 fully saturated rings. The second kappa shape index (κ2) is 19.2. The number of pyridine rings is 1. The fourth-order valence-electron chi connectivity index (χ4n) is 7.93. The Morgan fingerprint density at radius 1 is 1.08 bits per heavy atom. The molecule has 6 atom stereocenters. The number of carbonyl (C=O) groups excluding carboxylic acids is 4. The van der Waals surface area contributed by atoms with Crippen molar-refractivity contribution in [3.8, 4) is 22.9 Å². The smallest absolute Gasteiger partial charge is 0.497 e. The van der Waals surface area contributed by atoms with Gasteiger partial charge in [0, 0.05) is 47.9 Å². The van der Waals surface area contributed by atoms with Crippen LogP contribution in [0.1, 0.15) is 80.1 Å². The summed E-state index contributed by atoms with van der Waals surface area (Å²) in [4.78, 5) is 65.7. The van der Waals surface area contributed by atoms with Crippen LogP contribution in [0.25, 0.3) is 22.3 Å². The van der Waals surface area contributed by atoms with Crippen molar-refractivity contribution in [3.05, 3.63) is 42.3 Å². The number of aromatic nitrogens is 2. The first kappa shape index (κ1) is 46.6. The van der Waals surface area contributed by atoms with Crippen LogP contribution in [0.4, 0.5) is 14.7 Å². The molecule has 0 radical (unpaired) electrons. The van der Waals surface area contributed by atoms with E-state index in [0.717, 1.165) is 30.8 Å². The summed E-state index contributed by atoms with van der Waals surface area (Å²) in [6, 6.07) is 5.15. The van der Waals surface area contributed by atoms with Gasteiger partial charge in [-0.1, -0.05) is 26.8 Å². The lowest BCUT2D eigenvalue weighted by atomic mass is 9.85. The normalized spacial score (nSPS) is 22.7. The molecule has 2 saturated carbocycles. The minimum atomic E-state index is -3.77. The lowest BCUT2D eigenvalue weighted by Crippen LogP contribution is -2.58. The number of hydrogen-bond donors (Lipinski definition) is 3. The lowest BCUT2D eigenvalue weighted by Gasteiger charge is -2.36. The summed E-state index contributed by atoms with van der Waals surface area (Å²) >= 11 is 1.45. The topological polar surface area (TPSA) is 206 Å². The molecule has 3 heterocycles. The average molecular weight is 899 g/mol. The van der Waals surface area contributed by atoms with Gasteiger partial charge in [-0.3, -0.25) is 18.7 Å². The van der Waals surface area contributed by atoms with Crippen LogP contribution < -0.4 is 25.4 Å². The molecule has 3 aliphatic rings. The van der Waals surface area contributed by atoms with Crippen LogP contribution in [0.2, 0.25) is 0 Å². The monoisotopic (exact) mass is 898 g/mol. The third kappa shape index (κ3) is 10.6. The molecule has 17 nitrogen and oxygen atoms in total. The number of hydrogen-bond acceptors (Lipinski definition) is 15. The van der Waals surface area contributed by atoms with Crippen molar-refractivity contribution >= 4 is 58.8 Å². The number of methoxy groups -OCH3 is 1. The third-order valence-corrected chi connectivity index (χ3v) is 14.8. The summed E-state index contributed by atoms with van der Waals surface area (Å²) in [7, 11) is -2.20. The van der Waals surface area contributed by atoms with Crippen molar-refractivity contribution in [1.82, 2.24) is 25.5 Å². The molecule has 2 unspecified atom stereocenters. The van der Waals surface area contributed by atoms with E-state index in [9.17, 15) is 23.7 Å². The fraction of sp³-hybridized carbons (Fsp3) is 0.581. The van der Waals surface area contributed by atoms with Gasteiger partial charge in [-0.05, 0) is 70.4 Å². The molecular weight excluding hydrogens is 840 g/mol. The Labute approximate surface area is 366 Å². The Morgan fingerprint density at radius 2 is 1.82 bits per heavy atom. The number of alkyl carbamates (subject to hydrolysis) is 1. The van der Waals surface area contributed by atoms with Crippen molar-refractivity contribution in [2.45, 2.75) is 116 Å². The zero-order chi connectivity index (χ0) is 45.0.